The van der Waals surface area contributed by atoms with Crippen LogP contribution in [0.1, 0.15) is 0 Å². The van der Waals surface area contributed by atoms with E-state index in [2.05, 4.69) is 4.89 Å². The highest BCUT2D eigenvalue weighted by atomic mass is 35.5. The fourth-order valence-electron chi connectivity index (χ4n) is 0.782. The molecular weight excluding hydrogens is 205 g/mol. The summed E-state index contributed by atoms with van der Waals surface area (Å²) in [5, 5.41) is 1.29. The lowest BCUT2D eigenvalue weighted by molar-refractivity contribution is 0.469. The summed E-state index contributed by atoms with van der Waals surface area (Å²) >= 11 is 10.9. The van der Waals surface area contributed by atoms with E-state index in [1.807, 2.05) is 12.1 Å². The molecule has 1 heterocycles. The number of hydrogen-bond acceptors (Lipinski definition) is 2. The van der Waals surface area contributed by atoms with Gasteiger partial charge >= 0.3 is 0 Å². The molecule has 60 valence electrons. The van der Waals surface area contributed by atoms with E-state index < -0.39 is 11.4 Å². The van der Waals surface area contributed by atoms with E-state index in [0.29, 0.717) is 10.0 Å². The molecule has 0 radical (unpaired) electrons. The number of benzene rings is 1. The molecule has 0 bridgehead atoms. The fourth-order valence-corrected chi connectivity index (χ4v) is 2.35. The highest BCUT2D eigenvalue weighted by Crippen LogP contribution is 2.45. The monoisotopic (exact) mass is 209 g/mol. The largest absolute Gasteiger partial charge is 0.225 e. The predicted octanol–water partition coefficient (Wildman–Crippen LogP) is 2.72. The van der Waals surface area contributed by atoms with Crippen molar-refractivity contribution in [1.82, 2.24) is 4.89 Å². The number of thiol groups is 1. The van der Waals surface area contributed by atoms with E-state index in [0.717, 1.165) is 4.90 Å². The summed E-state index contributed by atoms with van der Waals surface area (Å²) in [6.45, 7) is 0. The summed E-state index contributed by atoms with van der Waals surface area (Å²) in [6.07, 6.45) is 0. The van der Waals surface area contributed by atoms with Crippen LogP contribution in [0.5, 0.6) is 0 Å². The second kappa shape index (κ2) is 2.84. The van der Waals surface area contributed by atoms with Crippen LogP contribution in [0.2, 0.25) is 10.0 Å². The third-order valence-corrected chi connectivity index (χ3v) is 2.79. The molecule has 1 N–H and O–H groups in total. The van der Waals surface area contributed by atoms with Gasteiger partial charge in [-0.1, -0.05) is 23.2 Å². The van der Waals surface area contributed by atoms with Gasteiger partial charge in [0.05, 0.1) is 0 Å². The van der Waals surface area contributed by atoms with Gasteiger partial charge in [0, 0.05) is 14.9 Å². The van der Waals surface area contributed by atoms with E-state index in [9.17, 15) is 0 Å². The van der Waals surface area contributed by atoms with Crippen molar-refractivity contribution >= 4 is 34.6 Å². The zero-order valence-electron chi connectivity index (χ0n) is 5.34. The summed E-state index contributed by atoms with van der Waals surface area (Å²) in [4.78, 5) is 3.78. The average Bonchev–Trinajstić information content (AvgIpc) is 2.64. The van der Waals surface area contributed by atoms with Crippen LogP contribution >= 0.6 is 34.6 Å². The van der Waals surface area contributed by atoms with Crippen molar-refractivity contribution in [3.63, 3.8) is 0 Å². The molecule has 1 atom stereocenters. The molecule has 0 amide bonds. The summed E-state index contributed by atoms with van der Waals surface area (Å²) in [6, 6.07) is 5.39. The lowest BCUT2D eigenvalue weighted by Crippen LogP contribution is -1.73. The van der Waals surface area contributed by atoms with Crippen molar-refractivity contribution in [3.05, 3.63) is 28.2 Å². The Morgan fingerprint density at radius 2 is 1.73 bits per heavy atom. The molecule has 2 nitrogen and oxygen atoms in total. The van der Waals surface area contributed by atoms with E-state index in [4.69, 9.17) is 27.5 Å². The first-order chi connectivity index (χ1) is 5.25. The third kappa shape index (κ3) is 1.80. The van der Waals surface area contributed by atoms with Crippen molar-refractivity contribution in [2.24, 2.45) is 0 Å². The van der Waals surface area contributed by atoms with Gasteiger partial charge < -0.3 is 0 Å². The third-order valence-electron chi connectivity index (χ3n) is 1.26. The van der Waals surface area contributed by atoms with Crippen LogP contribution in [0.4, 0.5) is 0 Å². The average molecular weight is 210 g/mol. The summed E-state index contributed by atoms with van der Waals surface area (Å²) in [5.74, 6) is 0. The van der Waals surface area contributed by atoms with E-state index in [1.54, 1.807) is 6.07 Å². The summed E-state index contributed by atoms with van der Waals surface area (Å²) in [7, 11) is 0. The molecule has 2 rings (SSSR count). The van der Waals surface area contributed by atoms with E-state index in [1.165, 1.54) is 0 Å². The molecule has 1 aromatic rings. The van der Waals surface area contributed by atoms with Crippen molar-refractivity contribution in [2.45, 2.75) is 4.90 Å². The van der Waals surface area contributed by atoms with Gasteiger partial charge in [-0.15, -0.1) is 4.89 Å². The van der Waals surface area contributed by atoms with Crippen LogP contribution in [-0.2, 0) is 4.28 Å². The Kier molecular flexibility index (Phi) is 1.99. The maximum Gasteiger partial charge on any atom is 0.0432 e. The number of rotatable bonds is 1. The fraction of sp³-hybridized carbons (Fsp3) is 0. The molecule has 1 unspecified atom stereocenters. The van der Waals surface area contributed by atoms with Gasteiger partial charge in [0.2, 0.25) is 0 Å². The lowest BCUT2D eigenvalue weighted by Gasteiger charge is -1.97. The maximum absolute atomic E-state index is 5.76. The molecule has 0 aromatic heterocycles. The second-order valence-electron chi connectivity index (χ2n) is 2.10. The Morgan fingerprint density at radius 1 is 1.18 bits per heavy atom. The van der Waals surface area contributed by atoms with Crippen molar-refractivity contribution in [3.8, 4) is 0 Å². The van der Waals surface area contributed by atoms with Crippen LogP contribution in [0, 0.1) is 0 Å². The van der Waals surface area contributed by atoms with Gasteiger partial charge in [0.1, 0.15) is 0 Å². The molecule has 0 aliphatic carbocycles. The molecule has 1 aliphatic heterocycles. The standard InChI is InChI=1S/C6H5Cl2NOS/c7-4-1-5(8)3-6(2-4)11-9-10-11/h1-3,9,11H. The van der Waals surface area contributed by atoms with E-state index in [-0.39, 0.29) is 0 Å². The molecule has 5 heteroatoms. The topological polar surface area (TPSA) is 34.5 Å². The number of nitrogens with one attached hydrogen (secondary N) is 1. The first-order valence-electron chi connectivity index (χ1n) is 2.94. The molecule has 1 aliphatic rings. The highest BCUT2D eigenvalue weighted by Gasteiger charge is 2.20. The van der Waals surface area contributed by atoms with Crippen LogP contribution in [0.3, 0.4) is 0 Å². The maximum atomic E-state index is 5.76. The molecule has 1 saturated heterocycles. The zero-order chi connectivity index (χ0) is 7.84. The first kappa shape index (κ1) is 7.71. The highest BCUT2D eigenvalue weighted by molar-refractivity contribution is 8.15. The van der Waals surface area contributed by atoms with Gasteiger partial charge in [-0.25, -0.2) is 4.28 Å². The first-order valence-corrected chi connectivity index (χ1v) is 4.96. The Bertz CT molecular complexity index is 270. The second-order valence-corrected chi connectivity index (χ2v) is 4.45. The zero-order valence-corrected chi connectivity index (χ0v) is 7.75. The SMILES string of the molecule is Clc1cc(Cl)cc([SH]2NO2)c1. The van der Waals surface area contributed by atoms with Gasteiger partial charge in [-0.05, 0) is 29.6 Å². The molecule has 0 saturated carbocycles. The molecule has 11 heavy (non-hydrogen) atoms. The van der Waals surface area contributed by atoms with Gasteiger partial charge in [0.25, 0.3) is 0 Å². The Labute approximate surface area is 77.1 Å². The number of hydrogen-bond donors (Lipinski definition) is 2. The van der Waals surface area contributed by atoms with Crippen molar-refractivity contribution in [1.29, 1.82) is 0 Å². The Morgan fingerprint density at radius 3 is 2.18 bits per heavy atom. The Balaban J connectivity index is 2.39. The predicted molar refractivity (Wildman–Crippen MR) is 47.9 cm³/mol. The van der Waals surface area contributed by atoms with Gasteiger partial charge in [-0.2, -0.15) is 0 Å². The van der Waals surface area contributed by atoms with Crippen LogP contribution < -0.4 is 4.89 Å². The molecule has 0 spiro atoms. The molecule has 1 fully saturated rings. The lowest BCUT2D eigenvalue weighted by atomic mass is 10.4. The van der Waals surface area contributed by atoms with E-state index >= 15 is 0 Å². The molecule has 1 aromatic carbocycles. The van der Waals surface area contributed by atoms with Crippen LogP contribution in [-0.4, -0.2) is 0 Å². The molecular formula is C6H5Cl2NOS. The minimum atomic E-state index is -0.597. The quantitative estimate of drug-likeness (QED) is 0.552. The van der Waals surface area contributed by atoms with Crippen LogP contribution in [0.25, 0.3) is 0 Å². The van der Waals surface area contributed by atoms with Crippen molar-refractivity contribution < 1.29 is 4.28 Å². The smallest absolute Gasteiger partial charge is 0.0432 e. The van der Waals surface area contributed by atoms with Gasteiger partial charge in [-0.3, -0.25) is 0 Å². The number of halogens is 2. The Hall–Kier alpha value is 0.0700. The summed E-state index contributed by atoms with van der Waals surface area (Å²) < 4.78 is 4.90. The van der Waals surface area contributed by atoms with Gasteiger partial charge in [0.15, 0.2) is 0 Å². The van der Waals surface area contributed by atoms with Crippen LogP contribution in [0.15, 0.2) is 23.1 Å². The summed E-state index contributed by atoms with van der Waals surface area (Å²) in [5.41, 5.74) is 0. The minimum Gasteiger partial charge on any atom is -0.225 e. The minimum absolute atomic E-state index is 0.597. The van der Waals surface area contributed by atoms with Crippen molar-refractivity contribution in [2.75, 3.05) is 0 Å². The normalized spacial score (nSPS) is 25.1.